The van der Waals surface area contributed by atoms with Crippen LogP contribution in [0.3, 0.4) is 0 Å². The quantitative estimate of drug-likeness (QED) is 0.672. The summed E-state index contributed by atoms with van der Waals surface area (Å²) in [5.41, 5.74) is 0. The Bertz CT molecular complexity index is 107. The van der Waals surface area contributed by atoms with Crippen LogP contribution in [0.25, 0.3) is 0 Å². The highest BCUT2D eigenvalue weighted by molar-refractivity contribution is 6.60. The third-order valence-corrected chi connectivity index (χ3v) is 4.95. The van der Waals surface area contributed by atoms with Crippen molar-refractivity contribution in [3.63, 3.8) is 0 Å². The minimum atomic E-state index is -2.30. The molecule has 0 aromatic heterocycles. The highest BCUT2D eigenvalue weighted by Gasteiger charge is 2.38. The molecule has 16 heavy (non-hydrogen) atoms. The lowest BCUT2D eigenvalue weighted by Crippen LogP contribution is -2.45. The third kappa shape index (κ3) is 9.29. The predicted octanol–water partition coefficient (Wildman–Crippen LogP) is 2.28. The van der Waals surface area contributed by atoms with E-state index >= 15 is 0 Å². The first kappa shape index (κ1) is 18.4. The van der Waals surface area contributed by atoms with Gasteiger partial charge in [-0.2, -0.15) is 0 Å². The van der Waals surface area contributed by atoms with Gasteiger partial charge < -0.3 is 18.6 Å². The average Bonchev–Trinajstić information content (AvgIpc) is 2.20. The molecule has 0 saturated carbocycles. The van der Waals surface area contributed by atoms with Crippen molar-refractivity contribution < 1.29 is 13.3 Å². The lowest BCUT2D eigenvalue weighted by molar-refractivity contribution is 0.0712. The molecule has 0 unspecified atom stereocenters. The molecule has 4 nitrogen and oxygen atoms in total. The van der Waals surface area contributed by atoms with E-state index in [-0.39, 0.29) is 0 Å². The van der Waals surface area contributed by atoms with Crippen LogP contribution in [0.2, 0.25) is 6.04 Å². The first-order chi connectivity index (χ1) is 7.66. The fraction of sp³-hybridized carbons (Fsp3) is 1.00. The number of rotatable bonds is 8. The fourth-order valence-electron chi connectivity index (χ4n) is 1.31. The van der Waals surface area contributed by atoms with E-state index < -0.39 is 8.80 Å². The average molecular weight is 251 g/mol. The second-order valence-corrected chi connectivity index (χ2v) is 5.96. The maximum atomic E-state index is 5.65. The Labute approximate surface area is 102 Å². The Morgan fingerprint density at radius 2 is 1.12 bits per heavy atom. The molecular weight excluding hydrogens is 222 g/mol. The van der Waals surface area contributed by atoms with Crippen LogP contribution in [0.5, 0.6) is 0 Å². The Morgan fingerprint density at radius 3 is 1.31 bits per heavy atom. The predicted molar refractivity (Wildman–Crippen MR) is 70.7 cm³/mol. The van der Waals surface area contributed by atoms with Crippen molar-refractivity contribution in [1.82, 2.24) is 5.32 Å². The highest BCUT2D eigenvalue weighted by Crippen LogP contribution is 2.17. The number of hydrogen-bond donors (Lipinski definition) is 1. The first-order valence-electron chi connectivity index (χ1n) is 6.16. The standard InChI is InChI=1S/C9H22O3Si.C2H7N/c1-5-9-13(10-6-2,11-7-3)12-8-4;1-3-2/h5-9H2,1-4H3;3H,1-2H3. The highest BCUT2D eigenvalue weighted by atomic mass is 28.4. The molecule has 0 bridgehead atoms. The van der Waals surface area contributed by atoms with Crippen LogP contribution >= 0.6 is 0 Å². The molecule has 0 heterocycles. The maximum Gasteiger partial charge on any atom is 0.500 e. The zero-order valence-electron chi connectivity index (χ0n) is 11.8. The Morgan fingerprint density at radius 1 is 0.812 bits per heavy atom. The van der Waals surface area contributed by atoms with E-state index in [0.29, 0.717) is 19.8 Å². The number of nitrogens with one attached hydrogen (secondary N) is 1. The van der Waals surface area contributed by atoms with Crippen LogP contribution in [-0.4, -0.2) is 42.7 Å². The molecule has 5 heteroatoms. The Balaban J connectivity index is 0. The van der Waals surface area contributed by atoms with Gasteiger partial charge in [-0.3, -0.25) is 0 Å². The van der Waals surface area contributed by atoms with Crippen LogP contribution < -0.4 is 5.32 Å². The van der Waals surface area contributed by atoms with Crippen molar-refractivity contribution in [2.24, 2.45) is 0 Å². The van der Waals surface area contributed by atoms with Gasteiger partial charge in [-0.05, 0) is 34.9 Å². The molecule has 0 aliphatic heterocycles. The minimum absolute atomic E-state index is 0.673. The van der Waals surface area contributed by atoms with E-state index in [9.17, 15) is 0 Å². The van der Waals surface area contributed by atoms with E-state index in [2.05, 4.69) is 12.2 Å². The van der Waals surface area contributed by atoms with Crippen LogP contribution in [-0.2, 0) is 13.3 Å². The van der Waals surface area contributed by atoms with Gasteiger partial charge in [0.25, 0.3) is 0 Å². The van der Waals surface area contributed by atoms with Crippen molar-refractivity contribution in [3.05, 3.63) is 0 Å². The van der Waals surface area contributed by atoms with Crippen molar-refractivity contribution in [2.45, 2.75) is 40.2 Å². The molecule has 0 saturated heterocycles. The fourth-order valence-corrected chi connectivity index (χ4v) is 3.92. The lowest BCUT2D eigenvalue weighted by atomic mass is 10.6. The van der Waals surface area contributed by atoms with E-state index in [1.54, 1.807) is 0 Å². The molecule has 0 atom stereocenters. The SMILES string of the molecule is CCC[Si](OCC)(OCC)OCC.CNC. The summed E-state index contributed by atoms with van der Waals surface area (Å²) in [7, 11) is 1.45. The van der Waals surface area contributed by atoms with Gasteiger partial charge >= 0.3 is 8.80 Å². The van der Waals surface area contributed by atoms with E-state index in [1.165, 1.54) is 0 Å². The first-order valence-corrected chi connectivity index (χ1v) is 8.09. The zero-order valence-corrected chi connectivity index (χ0v) is 12.8. The third-order valence-electron chi connectivity index (χ3n) is 1.65. The maximum absolute atomic E-state index is 5.65. The molecule has 0 aromatic rings. The Kier molecular flexibility index (Phi) is 15.1. The van der Waals surface area contributed by atoms with Crippen LogP contribution in [0.15, 0.2) is 0 Å². The summed E-state index contributed by atoms with van der Waals surface area (Å²) >= 11 is 0. The summed E-state index contributed by atoms with van der Waals surface area (Å²) in [5.74, 6) is 0. The van der Waals surface area contributed by atoms with Gasteiger partial charge in [-0.25, -0.2) is 0 Å². The van der Waals surface area contributed by atoms with Crippen molar-refractivity contribution >= 4 is 8.80 Å². The van der Waals surface area contributed by atoms with Gasteiger partial charge in [0.15, 0.2) is 0 Å². The van der Waals surface area contributed by atoms with Gasteiger partial charge in [0.05, 0.1) is 0 Å². The van der Waals surface area contributed by atoms with Gasteiger partial charge in [0, 0.05) is 25.9 Å². The molecule has 0 rings (SSSR count). The van der Waals surface area contributed by atoms with Crippen molar-refractivity contribution in [1.29, 1.82) is 0 Å². The number of hydrogen-bond acceptors (Lipinski definition) is 4. The lowest BCUT2D eigenvalue weighted by Gasteiger charge is -2.27. The van der Waals surface area contributed by atoms with Crippen LogP contribution in [0, 0.1) is 0 Å². The second kappa shape index (κ2) is 13.1. The van der Waals surface area contributed by atoms with Gasteiger partial charge in [-0.1, -0.05) is 13.3 Å². The van der Waals surface area contributed by atoms with Crippen LogP contribution in [0.4, 0.5) is 0 Å². The van der Waals surface area contributed by atoms with Gasteiger partial charge in [-0.15, -0.1) is 0 Å². The summed E-state index contributed by atoms with van der Waals surface area (Å²) in [5, 5.41) is 2.75. The molecular formula is C11H29NO3Si. The molecule has 100 valence electrons. The summed E-state index contributed by atoms with van der Waals surface area (Å²) in [4.78, 5) is 0. The van der Waals surface area contributed by atoms with E-state index in [0.717, 1.165) is 12.5 Å². The topological polar surface area (TPSA) is 39.7 Å². The molecule has 1 N–H and O–H groups in total. The summed E-state index contributed by atoms with van der Waals surface area (Å²) in [6.07, 6.45) is 1.05. The molecule has 0 aliphatic rings. The molecule has 0 aliphatic carbocycles. The van der Waals surface area contributed by atoms with Crippen molar-refractivity contribution in [3.8, 4) is 0 Å². The minimum Gasteiger partial charge on any atom is -0.374 e. The van der Waals surface area contributed by atoms with Crippen molar-refractivity contribution in [2.75, 3.05) is 33.9 Å². The second-order valence-electron chi connectivity index (χ2n) is 3.23. The zero-order chi connectivity index (χ0) is 12.9. The summed E-state index contributed by atoms with van der Waals surface area (Å²) < 4.78 is 16.9. The van der Waals surface area contributed by atoms with Gasteiger partial charge in [0.2, 0.25) is 0 Å². The van der Waals surface area contributed by atoms with E-state index in [1.807, 2.05) is 34.9 Å². The molecule has 0 fully saturated rings. The normalized spacial score (nSPS) is 10.9. The summed E-state index contributed by atoms with van der Waals surface area (Å²) in [6, 6.07) is 0.919. The summed E-state index contributed by atoms with van der Waals surface area (Å²) in [6.45, 7) is 10.1. The smallest absolute Gasteiger partial charge is 0.374 e. The van der Waals surface area contributed by atoms with Gasteiger partial charge in [0.1, 0.15) is 0 Å². The monoisotopic (exact) mass is 251 g/mol. The van der Waals surface area contributed by atoms with E-state index in [4.69, 9.17) is 13.3 Å². The largest absolute Gasteiger partial charge is 0.500 e. The molecule has 0 aromatic carbocycles. The molecule has 0 spiro atoms. The molecule has 0 radical (unpaired) electrons. The molecule has 0 amide bonds. The van der Waals surface area contributed by atoms with Crippen LogP contribution in [0.1, 0.15) is 34.1 Å². The Hall–Kier alpha value is 0.0569.